The number of amidine groups is 1. The molecule has 0 spiro atoms. The van der Waals surface area contributed by atoms with E-state index in [2.05, 4.69) is 34.7 Å². The fraction of sp³-hybridized carbons (Fsp3) is 0.500. The molecule has 13 heavy (non-hydrogen) atoms. The Hall–Kier alpha value is -1.34. The van der Waals surface area contributed by atoms with Crippen LogP contribution in [0, 0.1) is 0 Å². The summed E-state index contributed by atoms with van der Waals surface area (Å²) in [5.41, 5.74) is 1.22. The van der Waals surface area contributed by atoms with Crippen LogP contribution in [0.4, 0.5) is 0 Å². The fourth-order valence-corrected chi connectivity index (χ4v) is 1.64. The smallest absolute Gasteiger partial charge is 0.134 e. The van der Waals surface area contributed by atoms with Crippen LogP contribution < -0.4 is 0 Å². The Kier molecular flexibility index (Phi) is 2.03. The second-order valence-electron chi connectivity index (χ2n) is 3.49. The van der Waals surface area contributed by atoms with Crippen molar-refractivity contribution < 1.29 is 0 Å². The van der Waals surface area contributed by atoms with Crippen LogP contribution in [0.2, 0.25) is 0 Å². The Labute approximate surface area is 78.2 Å². The lowest BCUT2D eigenvalue weighted by atomic mass is 9.99. The zero-order chi connectivity index (χ0) is 9.26. The number of rotatable bonds is 0. The highest BCUT2D eigenvalue weighted by Crippen LogP contribution is 2.22. The number of fused-ring (bicyclic) bond motifs is 1. The standard InChI is InChI=1S/C10H13N3/c1-8-3-4-9-7-11-5-6-12-10(9)13(8)2/h6-8H,3-4H2,1-2H3/t8-/m0/s1. The maximum atomic E-state index is 4.32. The number of nitrogens with zero attached hydrogens (tertiary/aromatic N) is 3. The van der Waals surface area contributed by atoms with E-state index in [9.17, 15) is 0 Å². The Morgan fingerprint density at radius 2 is 2.46 bits per heavy atom. The van der Waals surface area contributed by atoms with E-state index in [1.54, 1.807) is 6.20 Å². The summed E-state index contributed by atoms with van der Waals surface area (Å²) < 4.78 is 0. The monoisotopic (exact) mass is 175 g/mol. The Morgan fingerprint density at radius 3 is 3.31 bits per heavy atom. The molecule has 0 aromatic heterocycles. The summed E-state index contributed by atoms with van der Waals surface area (Å²) in [7, 11) is 2.08. The molecular weight excluding hydrogens is 162 g/mol. The molecule has 3 nitrogen and oxygen atoms in total. The number of likely N-dealkylation sites (N-methyl/N-ethyl adjacent to an activating group) is 1. The van der Waals surface area contributed by atoms with E-state index in [1.165, 1.54) is 12.0 Å². The Morgan fingerprint density at radius 1 is 1.62 bits per heavy atom. The number of hydrogen-bond acceptors (Lipinski definition) is 3. The molecule has 0 amide bonds. The van der Waals surface area contributed by atoms with Crippen LogP contribution in [0.1, 0.15) is 19.8 Å². The molecule has 0 aromatic carbocycles. The SMILES string of the molecule is C[C@H]1CCC2=CN=C=CN=C2N1C. The quantitative estimate of drug-likeness (QED) is 0.549. The first-order valence-electron chi connectivity index (χ1n) is 4.56. The van der Waals surface area contributed by atoms with E-state index >= 15 is 0 Å². The van der Waals surface area contributed by atoms with E-state index < -0.39 is 0 Å². The van der Waals surface area contributed by atoms with Gasteiger partial charge in [0.05, 0.1) is 6.20 Å². The third-order valence-corrected chi connectivity index (χ3v) is 2.65. The van der Waals surface area contributed by atoms with Gasteiger partial charge in [0.1, 0.15) is 5.84 Å². The molecule has 2 aliphatic rings. The van der Waals surface area contributed by atoms with Gasteiger partial charge in [0.15, 0.2) is 0 Å². The van der Waals surface area contributed by atoms with Crippen LogP contribution in [-0.4, -0.2) is 29.7 Å². The molecule has 2 heterocycles. The van der Waals surface area contributed by atoms with Gasteiger partial charge < -0.3 is 4.90 Å². The molecule has 2 aliphatic heterocycles. The summed E-state index contributed by atoms with van der Waals surface area (Å²) >= 11 is 0. The number of likely N-dealkylation sites (tertiary alicyclic amines) is 1. The van der Waals surface area contributed by atoms with Gasteiger partial charge in [-0.3, -0.25) is 0 Å². The second kappa shape index (κ2) is 3.19. The predicted octanol–water partition coefficient (Wildman–Crippen LogP) is 1.58. The fourth-order valence-electron chi connectivity index (χ4n) is 1.64. The van der Waals surface area contributed by atoms with E-state index in [1.807, 2.05) is 6.20 Å². The van der Waals surface area contributed by atoms with Crippen molar-refractivity contribution >= 4 is 11.7 Å². The Bertz CT molecular complexity index is 332. The predicted molar refractivity (Wildman–Crippen MR) is 54.0 cm³/mol. The van der Waals surface area contributed by atoms with Crippen LogP contribution in [-0.2, 0) is 0 Å². The normalized spacial score (nSPS) is 26.3. The summed E-state index contributed by atoms with van der Waals surface area (Å²) in [5, 5.41) is 0. The van der Waals surface area contributed by atoms with E-state index in [-0.39, 0.29) is 0 Å². The van der Waals surface area contributed by atoms with Gasteiger partial charge in [0, 0.05) is 30.7 Å². The lowest BCUT2D eigenvalue weighted by molar-refractivity contribution is 0.350. The van der Waals surface area contributed by atoms with Crippen LogP contribution in [0.5, 0.6) is 0 Å². The van der Waals surface area contributed by atoms with Gasteiger partial charge in [-0.1, -0.05) is 0 Å². The molecule has 0 N–H and O–H groups in total. The van der Waals surface area contributed by atoms with Crippen molar-refractivity contribution in [3.05, 3.63) is 18.0 Å². The first-order chi connectivity index (χ1) is 6.29. The van der Waals surface area contributed by atoms with Crippen molar-refractivity contribution in [2.45, 2.75) is 25.8 Å². The van der Waals surface area contributed by atoms with Crippen molar-refractivity contribution in [1.29, 1.82) is 0 Å². The maximum Gasteiger partial charge on any atom is 0.134 e. The van der Waals surface area contributed by atoms with Gasteiger partial charge in [-0.05, 0) is 19.8 Å². The van der Waals surface area contributed by atoms with Crippen molar-refractivity contribution in [3.8, 4) is 0 Å². The average Bonchev–Trinajstić information content (AvgIpc) is 2.36. The molecule has 3 heteroatoms. The van der Waals surface area contributed by atoms with Gasteiger partial charge in [-0.2, -0.15) is 0 Å². The molecule has 0 radical (unpaired) electrons. The zero-order valence-corrected chi connectivity index (χ0v) is 7.99. The molecule has 68 valence electrons. The molecule has 1 fully saturated rings. The van der Waals surface area contributed by atoms with Crippen LogP contribution in [0.25, 0.3) is 0 Å². The molecule has 1 atom stereocenters. The van der Waals surface area contributed by atoms with Crippen molar-refractivity contribution in [2.24, 2.45) is 9.98 Å². The highest BCUT2D eigenvalue weighted by atomic mass is 15.2. The minimum atomic E-state index is 0.572. The summed E-state index contributed by atoms with van der Waals surface area (Å²) in [4.78, 5) is 10.5. The van der Waals surface area contributed by atoms with Crippen LogP contribution in [0.15, 0.2) is 28.0 Å². The van der Waals surface area contributed by atoms with Crippen molar-refractivity contribution in [1.82, 2.24) is 4.90 Å². The first kappa shape index (κ1) is 8.27. The average molecular weight is 175 g/mol. The number of piperidine rings is 1. The summed E-state index contributed by atoms with van der Waals surface area (Å²) in [5.74, 6) is 3.80. The lowest BCUT2D eigenvalue weighted by Crippen LogP contribution is -2.40. The topological polar surface area (TPSA) is 28.0 Å². The van der Waals surface area contributed by atoms with E-state index in [0.717, 1.165) is 12.3 Å². The number of hydrogen-bond donors (Lipinski definition) is 0. The van der Waals surface area contributed by atoms with Crippen LogP contribution in [0.3, 0.4) is 0 Å². The zero-order valence-electron chi connectivity index (χ0n) is 7.99. The maximum absolute atomic E-state index is 4.32. The molecule has 0 saturated carbocycles. The van der Waals surface area contributed by atoms with E-state index in [0.29, 0.717) is 6.04 Å². The van der Waals surface area contributed by atoms with E-state index in [4.69, 9.17) is 0 Å². The molecule has 0 aromatic rings. The summed E-state index contributed by atoms with van der Waals surface area (Å²) in [6.45, 7) is 2.22. The summed E-state index contributed by atoms with van der Waals surface area (Å²) in [6.07, 6.45) is 5.75. The van der Waals surface area contributed by atoms with Gasteiger partial charge in [0.25, 0.3) is 0 Å². The largest absolute Gasteiger partial charge is 0.357 e. The van der Waals surface area contributed by atoms with Gasteiger partial charge in [-0.25, -0.2) is 9.98 Å². The van der Waals surface area contributed by atoms with Gasteiger partial charge in [-0.15, -0.1) is 0 Å². The Balaban J connectivity index is 2.36. The third kappa shape index (κ3) is 1.43. The second-order valence-corrected chi connectivity index (χ2v) is 3.49. The molecule has 2 rings (SSSR count). The minimum absolute atomic E-state index is 0.572. The van der Waals surface area contributed by atoms with Crippen molar-refractivity contribution in [3.63, 3.8) is 0 Å². The molecule has 0 bridgehead atoms. The number of aliphatic imine (C=N–C) groups is 2. The highest BCUT2D eigenvalue weighted by Gasteiger charge is 2.23. The lowest BCUT2D eigenvalue weighted by Gasteiger charge is -2.33. The molecule has 1 saturated heterocycles. The molecule has 0 aliphatic carbocycles. The summed E-state index contributed by atoms with van der Waals surface area (Å²) in [6, 6.07) is 0.572. The van der Waals surface area contributed by atoms with Gasteiger partial charge >= 0.3 is 0 Å². The highest BCUT2D eigenvalue weighted by molar-refractivity contribution is 6.00. The minimum Gasteiger partial charge on any atom is -0.357 e. The van der Waals surface area contributed by atoms with Crippen LogP contribution >= 0.6 is 0 Å². The molecule has 0 unspecified atom stereocenters. The third-order valence-electron chi connectivity index (χ3n) is 2.65. The molecular formula is C10H13N3. The van der Waals surface area contributed by atoms with Gasteiger partial charge in [0.2, 0.25) is 0 Å². The first-order valence-corrected chi connectivity index (χ1v) is 4.56. The van der Waals surface area contributed by atoms with Crippen molar-refractivity contribution in [2.75, 3.05) is 7.05 Å².